The molecule has 1 aliphatic heterocycles. The van der Waals surface area contributed by atoms with Gasteiger partial charge in [-0.25, -0.2) is 9.97 Å². The van der Waals surface area contributed by atoms with E-state index in [1.165, 1.54) is 0 Å². The lowest BCUT2D eigenvalue weighted by atomic mass is 10.1. The predicted octanol–water partition coefficient (Wildman–Crippen LogP) is 0.936. The van der Waals surface area contributed by atoms with Crippen molar-refractivity contribution in [3.63, 3.8) is 0 Å². The minimum atomic E-state index is -0.610. The molecular formula is C13H22N4O. The Balaban J connectivity index is 1.96. The summed E-state index contributed by atoms with van der Waals surface area (Å²) in [7, 11) is 0. The van der Waals surface area contributed by atoms with Gasteiger partial charge in [-0.3, -0.25) is 0 Å². The molecule has 1 aromatic heterocycles. The van der Waals surface area contributed by atoms with E-state index in [0.717, 1.165) is 25.1 Å². The second-order valence-corrected chi connectivity index (χ2v) is 5.60. The van der Waals surface area contributed by atoms with Gasteiger partial charge in [0.05, 0.1) is 5.60 Å². The summed E-state index contributed by atoms with van der Waals surface area (Å²) in [5, 5.41) is 13.2. The lowest BCUT2D eigenvalue weighted by Gasteiger charge is -2.18. The molecule has 1 fully saturated rings. The van der Waals surface area contributed by atoms with Gasteiger partial charge in [0.15, 0.2) is 0 Å². The van der Waals surface area contributed by atoms with Gasteiger partial charge in [0, 0.05) is 43.6 Å². The smallest absolute Gasteiger partial charge is 0.225 e. The van der Waals surface area contributed by atoms with Crippen molar-refractivity contribution in [2.24, 2.45) is 0 Å². The van der Waals surface area contributed by atoms with E-state index in [0.29, 0.717) is 18.5 Å². The van der Waals surface area contributed by atoms with Crippen LogP contribution in [0, 0.1) is 0 Å². The van der Waals surface area contributed by atoms with Crippen molar-refractivity contribution in [1.29, 1.82) is 0 Å². The van der Waals surface area contributed by atoms with E-state index in [9.17, 15) is 5.11 Å². The fraction of sp³-hybridized carbons (Fsp3) is 0.692. The highest BCUT2D eigenvalue weighted by atomic mass is 16.3. The first-order valence-electron chi connectivity index (χ1n) is 6.48. The van der Waals surface area contributed by atoms with Crippen molar-refractivity contribution in [2.45, 2.75) is 45.4 Å². The van der Waals surface area contributed by atoms with Crippen molar-refractivity contribution < 1.29 is 5.11 Å². The van der Waals surface area contributed by atoms with Gasteiger partial charge in [-0.05, 0) is 13.3 Å². The molecule has 1 unspecified atom stereocenters. The van der Waals surface area contributed by atoms with E-state index in [2.05, 4.69) is 29.1 Å². The van der Waals surface area contributed by atoms with Crippen LogP contribution in [0.4, 0.5) is 5.95 Å². The first-order chi connectivity index (χ1) is 8.46. The number of rotatable bonds is 4. The van der Waals surface area contributed by atoms with Gasteiger partial charge >= 0.3 is 0 Å². The maximum absolute atomic E-state index is 9.92. The third-order valence-electron chi connectivity index (χ3n) is 3.14. The van der Waals surface area contributed by atoms with Gasteiger partial charge in [0.2, 0.25) is 5.95 Å². The fourth-order valence-corrected chi connectivity index (χ4v) is 2.04. The normalized spacial score (nSPS) is 23.9. The lowest BCUT2D eigenvalue weighted by molar-refractivity contribution is 0.0838. The van der Waals surface area contributed by atoms with Crippen LogP contribution in [-0.4, -0.2) is 39.8 Å². The molecule has 0 aliphatic carbocycles. The van der Waals surface area contributed by atoms with E-state index in [1.54, 1.807) is 0 Å². The quantitative estimate of drug-likeness (QED) is 0.832. The predicted molar refractivity (Wildman–Crippen MR) is 71.5 cm³/mol. The van der Waals surface area contributed by atoms with Gasteiger partial charge in [-0.15, -0.1) is 0 Å². The van der Waals surface area contributed by atoms with Gasteiger partial charge < -0.3 is 15.3 Å². The summed E-state index contributed by atoms with van der Waals surface area (Å²) in [6, 6.07) is 0.457. The third-order valence-corrected chi connectivity index (χ3v) is 3.14. The highest BCUT2D eigenvalue weighted by molar-refractivity contribution is 5.33. The zero-order chi connectivity index (χ0) is 13.2. The van der Waals surface area contributed by atoms with E-state index in [1.807, 2.05) is 24.2 Å². The molecule has 0 aromatic carbocycles. The summed E-state index contributed by atoms with van der Waals surface area (Å²) in [4.78, 5) is 10.8. The second-order valence-electron chi connectivity index (χ2n) is 5.60. The van der Waals surface area contributed by atoms with Crippen LogP contribution in [0.2, 0.25) is 0 Å². The topological polar surface area (TPSA) is 61.3 Å². The summed E-state index contributed by atoms with van der Waals surface area (Å²) in [5.74, 6) is 0.709. The Bertz CT molecular complexity index is 388. The van der Waals surface area contributed by atoms with Gasteiger partial charge in [0.25, 0.3) is 0 Å². The number of nitrogens with zero attached hydrogens (tertiary/aromatic N) is 3. The Morgan fingerprint density at radius 2 is 2.11 bits per heavy atom. The van der Waals surface area contributed by atoms with Crippen LogP contribution in [0.15, 0.2) is 12.4 Å². The average molecular weight is 250 g/mol. The van der Waals surface area contributed by atoms with Gasteiger partial charge in [-0.2, -0.15) is 0 Å². The molecule has 1 saturated heterocycles. The molecule has 1 aliphatic rings. The first-order valence-corrected chi connectivity index (χ1v) is 6.48. The van der Waals surface area contributed by atoms with Gasteiger partial charge in [-0.1, -0.05) is 13.8 Å². The molecule has 0 amide bonds. The standard InChI is InChI=1S/C13H22N4O/c1-10(2)14-6-11-7-15-12(16-8-11)17-5-4-13(3,18)9-17/h7-8,10,14,18H,4-6,9H2,1-3H3. The Hall–Kier alpha value is -1.20. The summed E-state index contributed by atoms with van der Waals surface area (Å²) < 4.78 is 0. The molecule has 100 valence electrons. The minimum absolute atomic E-state index is 0.457. The van der Waals surface area contributed by atoms with Crippen molar-refractivity contribution in [3.8, 4) is 0 Å². The number of aliphatic hydroxyl groups is 1. The van der Waals surface area contributed by atoms with E-state index < -0.39 is 5.60 Å². The molecule has 0 bridgehead atoms. The van der Waals surface area contributed by atoms with E-state index in [4.69, 9.17) is 0 Å². The number of nitrogens with one attached hydrogen (secondary N) is 1. The minimum Gasteiger partial charge on any atom is -0.388 e. The van der Waals surface area contributed by atoms with Crippen molar-refractivity contribution in [1.82, 2.24) is 15.3 Å². The molecular weight excluding hydrogens is 228 g/mol. The molecule has 0 spiro atoms. The second kappa shape index (κ2) is 5.20. The van der Waals surface area contributed by atoms with Crippen LogP contribution < -0.4 is 10.2 Å². The van der Waals surface area contributed by atoms with Crippen LogP contribution in [0.25, 0.3) is 0 Å². The monoisotopic (exact) mass is 250 g/mol. The van der Waals surface area contributed by atoms with Crippen LogP contribution in [-0.2, 0) is 6.54 Å². The zero-order valence-corrected chi connectivity index (χ0v) is 11.3. The molecule has 5 nitrogen and oxygen atoms in total. The molecule has 0 radical (unpaired) electrons. The zero-order valence-electron chi connectivity index (χ0n) is 11.3. The van der Waals surface area contributed by atoms with Gasteiger partial charge in [0.1, 0.15) is 0 Å². The van der Waals surface area contributed by atoms with E-state index in [-0.39, 0.29) is 0 Å². The molecule has 2 heterocycles. The third kappa shape index (κ3) is 3.40. The summed E-state index contributed by atoms with van der Waals surface area (Å²) in [6.07, 6.45) is 4.47. The van der Waals surface area contributed by atoms with Crippen LogP contribution in [0.5, 0.6) is 0 Å². The van der Waals surface area contributed by atoms with Crippen molar-refractivity contribution >= 4 is 5.95 Å². The van der Waals surface area contributed by atoms with Crippen LogP contribution in [0.3, 0.4) is 0 Å². The molecule has 2 rings (SSSR count). The Morgan fingerprint density at radius 3 is 2.61 bits per heavy atom. The fourth-order valence-electron chi connectivity index (χ4n) is 2.04. The van der Waals surface area contributed by atoms with Crippen LogP contribution in [0.1, 0.15) is 32.8 Å². The molecule has 0 saturated carbocycles. The van der Waals surface area contributed by atoms with Crippen LogP contribution >= 0.6 is 0 Å². The van der Waals surface area contributed by atoms with Crippen molar-refractivity contribution in [2.75, 3.05) is 18.0 Å². The first kappa shape index (κ1) is 13.2. The lowest BCUT2D eigenvalue weighted by Crippen LogP contribution is -2.30. The molecule has 1 aromatic rings. The molecule has 1 atom stereocenters. The molecule has 2 N–H and O–H groups in total. The summed E-state index contributed by atoms with van der Waals surface area (Å²) in [5.41, 5.74) is 0.472. The maximum atomic E-state index is 9.92. The Morgan fingerprint density at radius 1 is 1.44 bits per heavy atom. The number of hydrogen-bond donors (Lipinski definition) is 2. The highest BCUT2D eigenvalue weighted by Crippen LogP contribution is 2.23. The SMILES string of the molecule is CC(C)NCc1cnc(N2CCC(C)(O)C2)nc1. The maximum Gasteiger partial charge on any atom is 0.225 e. The number of aromatic nitrogens is 2. The highest BCUT2D eigenvalue weighted by Gasteiger charge is 2.32. The molecule has 18 heavy (non-hydrogen) atoms. The summed E-state index contributed by atoms with van der Waals surface area (Å²) in [6.45, 7) is 8.29. The van der Waals surface area contributed by atoms with Crippen molar-refractivity contribution in [3.05, 3.63) is 18.0 Å². The number of β-amino-alcohol motifs (C(OH)–C–C–N with tert-alkyl or cyclic N) is 1. The summed E-state index contributed by atoms with van der Waals surface area (Å²) >= 11 is 0. The van der Waals surface area contributed by atoms with E-state index >= 15 is 0 Å². The molecule has 5 heteroatoms. The Kier molecular flexibility index (Phi) is 3.82. The average Bonchev–Trinajstić information content (AvgIpc) is 2.68. The number of anilines is 1. The largest absolute Gasteiger partial charge is 0.388 e. The Labute approximate surface area is 108 Å². The number of hydrogen-bond acceptors (Lipinski definition) is 5.